The standard InChI is InChI=1S/C34H37N5O/c1-26-9-2-3-12-28(26)13-6-10-27-11-7-14-29(25-27)32-15-8-16-33-36-34(37-39(32)33)35-30-17-19-31(20-18-30)40-24-23-38-21-4-5-22-38/h2-3,7-9,11-12,14-20,25H,4-6,10,13,21-24H2,1H3,(H,35,37). The molecule has 1 aliphatic rings. The molecule has 1 aliphatic heterocycles. The van der Waals surface area contributed by atoms with Gasteiger partial charge in [-0.05, 0) is 111 Å². The van der Waals surface area contributed by atoms with Gasteiger partial charge >= 0.3 is 0 Å². The number of aromatic nitrogens is 3. The summed E-state index contributed by atoms with van der Waals surface area (Å²) in [5, 5.41) is 8.15. The lowest BCUT2D eigenvalue weighted by molar-refractivity contribution is 0.238. The van der Waals surface area contributed by atoms with Crippen molar-refractivity contribution in [3.05, 3.63) is 108 Å². The van der Waals surface area contributed by atoms with Gasteiger partial charge < -0.3 is 10.1 Å². The molecule has 0 bridgehead atoms. The topological polar surface area (TPSA) is 54.7 Å². The molecule has 0 radical (unpaired) electrons. The molecule has 6 nitrogen and oxygen atoms in total. The average Bonchev–Trinajstić information content (AvgIpc) is 3.65. The summed E-state index contributed by atoms with van der Waals surface area (Å²) in [7, 11) is 0. The first kappa shape index (κ1) is 26.1. The summed E-state index contributed by atoms with van der Waals surface area (Å²) in [6.07, 6.45) is 5.87. The van der Waals surface area contributed by atoms with Crippen LogP contribution in [0.25, 0.3) is 16.9 Å². The Morgan fingerprint density at radius 2 is 1.68 bits per heavy atom. The van der Waals surface area contributed by atoms with Gasteiger partial charge in [0.15, 0.2) is 5.65 Å². The van der Waals surface area contributed by atoms with E-state index in [2.05, 4.69) is 71.7 Å². The van der Waals surface area contributed by atoms with Crippen molar-refractivity contribution in [2.24, 2.45) is 0 Å². The number of ether oxygens (including phenoxy) is 1. The molecule has 0 spiro atoms. The summed E-state index contributed by atoms with van der Waals surface area (Å²) in [5.41, 5.74) is 8.06. The third-order valence-electron chi connectivity index (χ3n) is 7.74. The highest BCUT2D eigenvalue weighted by Gasteiger charge is 2.12. The van der Waals surface area contributed by atoms with E-state index in [1.165, 1.54) is 42.6 Å². The quantitative estimate of drug-likeness (QED) is 0.197. The zero-order valence-electron chi connectivity index (χ0n) is 23.2. The van der Waals surface area contributed by atoms with Gasteiger partial charge in [0.1, 0.15) is 12.4 Å². The second-order valence-electron chi connectivity index (χ2n) is 10.6. The minimum atomic E-state index is 0.574. The molecule has 6 rings (SSSR count). The van der Waals surface area contributed by atoms with Crippen LogP contribution in [0.2, 0.25) is 0 Å². The summed E-state index contributed by atoms with van der Waals surface area (Å²) < 4.78 is 7.86. The van der Waals surface area contributed by atoms with Gasteiger partial charge in [-0.1, -0.05) is 48.5 Å². The van der Waals surface area contributed by atoms with Crippen LogP contribution in [-0.4, -0.2) is 45.7 Å². The number of benzene rings is 3. The van der Waals surface area contributed by atoms with Crippen molar-refractivity contribution in [1.82, 2.24) is 19.5 Å². The Labute approximate surface area is 236 Å². The first-order valence-electron chi connectivity index (χ1n) is 14.4. The van der Waals surface area contributed by atoms with E-state index in [4.69, 9.17) is 14.8 Å². The maximum Gasteiger partial charge on any atom is 0.247 e. The van der Waals surface area contributed by atoms with Gasteiger partial charge in [-0.25, -0.2) is 4.52 Å². The highest BCUT2D eigenvalue weighted by Crippen LogP contribution is 2.25. The number of fused-ring (bicyclic) bond motifs is 1. The van der Waals surface area contributed by atoms with Gasteiger partial charge in [0.25, 0.3) is 0 Å². The first-order valence-corrected chi connectivity index (χ1v) is 14.4. The predicted octanol–water partition coefficient (Wildman–Crippen LogP) is 7.10. The number of hydrogen-bond donors (Lipinski definition) is 1. The summed E-state index contributed by atoms with van der Waals surface area (Å²) in [4.78, 5) is 7.19. The van der Waals surface area contributed by atoms with Gasteiger partial charge in [-0.15, -0.1) is 5.10 Å². The lowest BCUT2D eigenvalue weighted by Gasteiger charge is -2.15. The van der Waals surface area contributed by atoms with Crippen LogP contribution in [0, 0.1) is 6.92 Å². The summed E-state index contributed by atoms with van der Waals surface area (Å²) in [6, 6.07) is 31.6. The van der Waals surface area contributed by atoms with Gasteiger partial charge in [0, 0.05) is 17.8 Å². The Kier molecular flexibility index (Phi) is 8.05. The van der Waals surface area contributed by atoms with Crippen molar-refractivity contribution in [3.8, 4) is 17.0 Å². The number of aryl methyl sites for hydroxylation is 3. The zero-order valence-corrected chi connectivity index (χ0v) is 23.2. The van der Waals surface area contributed by atoms with E-state index in [0.717, 1.165) is 60.8 Å². The van der Waals surface area contributed by atoms with Crippen LogP contribution in [0.1, 0.15) is 36.0 Å². The van der Waals surface area contributed by atoms with Crippen molar-refractivity contribution >= 4 is 17.3 Å². The maximum absolute atomic E-state index is 5.94. The normalized spacial score (nSPS) is 13.6. The number of anilines is 2. The van der Waals surface area contributed by atoms with Crippen LogP contribution in [0.5, 0.6) is 5.75 Å². The van der Waals surface area contributed by atoms with Crippen LogP contribution in [-0.2, 0) is 12.8 Å². The van der Waals surface area contributed by atoms with E-state index in [9.17, 15) is 0 Å². The molecule has 0 saturated carbocycles. The molecule has 40 heavy (non-hydrogen) atoms. The molecule has 3 heterocycles. The second-order valence-corrected chi connectivity index (χ2v) is 10.6. The number of likely N-dealkylation sites (tertiary alicyclic amines) is 1. The minimum absolute atomic E-state index is 0.574. The Hall–Kier alpha value is -4.16. The SMILES string of the molecule is Cc1ccccc1CCCc1cccc(-c2cccc3nc(Nc4ccc(OCCN5CCCC5)cc4)nn23)c1. The van der Waals surface area contributed by atoms with Gasteiger partial charge in [0.05, 0.1) is 5.69 Å². The maximum atomic E-state index is 5.94. The second kappa shape index (κ2) is 12.3. The van der Waals surface area contributed by atoms with E-state index in [1.54, 1.807) is 0 Å². The Morgan fingerprint density at radius 3 is 2.52 bits per heavy atom. The van der Waals surface area contributed by atoms with E-state index >= 15 is 0 Å². The summed E-state index contributed by atoms with van der Waals surface area (Å²) in [6.45, 7) is 6.29. The zero-order chi connectivity index (χ0) is 27.1. The minimum Gasteiger partial charge on any atom is -0.492 e. The highest BCUT2D eigenvalue weighted by atomic mass is 16.5. The first-order chi connectivity index (χ1) is 19.7. The molecule has 5 aromatic rings. The fourth-order valence-corrected chi connectivity index (χ4v) is 5.50. The van der Waals surface area contributed by atoms with Crippen molar-refractivity contribution in [1.29, 1.82) is 0 Å². The molecule has 0 unspecified atom stereocenters. The third kappa shape index (κ3) is 6.35. The summed E-state index contributed by atoms with van der Waals surface area (Å²) in [5.74, 6) is 1.46. The molecule has 0 aliphatic carbocycles. The van der Waals surface area contributed by atoms with Gasteiger partial charge in [-0.3, -0.25) is 4.90 Å². The molecule has 0 amide bonds. The lowest BCUT2D eigenvalue weighted by atomic mass is 9.99. The molecule has 6 heteroatoms. The molecular formula is C34H37N5O. The van der Waals surface area contributed by atoms with E-state index < -0.39 is 0 Å². The van der Waals surface area contributed by atoms with E-state index in [0.29, 0.717) is 5.95 Å². The fraction of sp³-hybridized carbons (Fsp3) is 0.294. The van der Waals surface area contributed by atoms with Crippen molar-refractivity contribution in [2.75, 3.05) is 31.6 Å². The largest absolute Gasteiger partial charge is 0.492 e. The van der Waals surface area contributed by atoms with Crippen LogP contribution >= 0.6 is 0 Å². The number of nitrogens with one attached hydrogen (secondary N) is 1. The lowest BCUT2D eigenvalue weighted by Crippen LogP contribution is -2.25. The molecular weight excluding hydrogens is 494 g/mol. The van der Waals surface area contributed by atoms with Crippen LogP contribution in [0.3, 0.4) is 0 Å². The fourth-order valence-electron chi connectivity index (χ4n) is 5.50. The molecule has 0 atom stereocenters. The summed E-state index contributed by atoms with van der Waals surface area (Å²) >= 11 is 0. The number of rotatable bonds is 11. The van der Waals surface area contributed by atoms with E-state index in [-0.39, 0.29) is 0 Å². The Balaban J connectivity index is 1.10. The third-order valence-corrected chi connectivity index (χ3v) is 7.74. The number of nitrogens with zero attached hydrogens (tertiary/aromatic N) is 4. The monoisotopic (exact) mass is 531 g/mol. The molecule has 1 saturated heterocycles. The molecule has 1 fully saturated rings. The molecule has 2 aromatic heterocycles. The number of hydrogen-bond acceptors (Lipinski definition) is 5. The predicted molar refractivity (Wildman–Crippen MR) is 163 cm³/mol. The van der Waals surface area contributed by atoms with Crippen LogP contribution in [0.15, 0.2) is 91.0 Å². The Morgan fingerprint density at radius 1 is 0.850 bits per heavy atom. The van der Waals surface area contributed by atoms with Crippen LogP contribution in [0.4, 0.5) is 11.6 Å². The van der Waals surface area contributed by atoms with Gasteiger partial charge in [0.2, 0.25) is 5.95 Å². The van der Waals surface area contributed by atoms with Gasteiger partial charge in [-0.2, -0.15) is 4.98 Å². The van der Waals surface area contributed by atoms with E-state index in [1.807, 2.05) is 40.9 Å². The molecule has 204 valence electrons. The average molecular weight is 532 g/mol. The number of pyridine rings is 1. The Bertz CT molecular complexity index is 1550. The smallest absolute Gasteiger partial charge is 0.247 e. The molecule has 3 aromatic carbocycles. The van der Waals surface area contributed by atoms with Crippen molar-refractivity contribution < 1.29 is 4.74 Å². The van der Waals surface area contributed by atoms with Crippen LogP contribution < -0.4 is 10.1 Å². The molecule has 1 N–H and O–H groups in total. The highest BCUT2D eigenvalue weighted by molar-refractivity contribution is 5.65. The van der Waals surface area contributed by atoms with Crippen molar-refractivity contribution in [3.63, 3.8) is 0 Å². The van der Waals surface area contributed by atoms with Crippen molar-refractivity contribution in [2.45, 2.75) is 39.0 Å².